The molecule has 0 aliphatic carbocycles. The van der Waals surface area contributed by atoms with Gasteiger partial charge >= 0.3 is 11.9 Å². The van der Waals surface area contributed by atoms with Gasteiger partial charge in [-0.3, -0.25) is 9.59 Å². The van der Waals surface area contributed by atoms with E-state index in [0.717, 1.165) is 96.3 Å². The van der Waals surface area contributed by atoms with Gasteiger partial charge in [-0.05, 0) is 83.5 Å². The monoisotopic (exact) mass is 689 g/mol. The van der Waals surface area contributed by atoms with Crippen LogP contribution in [-0.2, 0) is 19.1 Å². The zero-order chi connectivity index (χ0) is 36.4. The lowest BCUT2D eigenvalue weighted by Crippen LogP contribution is -2.28. The highest BCUT2D eigenvalue weighted by molar-refractivity contribution is 5.70. The number of aliphatic hydroxyl groups excluding tert-OH is 1. The molecule has 5 heteroatoms. The highest BCUT2D eigenvalue weighted by Crippen LogP contribution is 2.09. The summed E-state index contributed by atoms with van der Waals surface area (Å²) in [6.07, 6.45) is 58.3. The Labute approximate surface area is 305 Å². The Bertz CT molecular complexity index is 1100. The fourth-order valence-corrected chi connectivity index (χ4v) is 4.48. The number of hydrogen-bond donors (Lipinski definition) is 1. The summed E-state index contributed by atoms with van der Waals surface area (Å²) in [5, 5.41) is 9.53. The van der Waals surface area contributed by atoms with Crippen LogP contribution in [0.2, 0.25) is 0 Å². The fraction of sp³-hybridized carbons (Fsp3) is 0.511. The molecule has 1 N–H and O–H groups in total. The first-order chi connectivity index (χ1) is 24.6. The van der Waals surface area contributed by atoms with Crippen molar-refractivity contribution in [2.24, 2.45) is 0 Å². The summed E-state index contributed by atoms with van der Waals surface area (Å²) in [6.45, 7) is 3.79. The van der Waals surface area contributed by atoms with E-state index in [4.69, 9.17) is 9.47 Å². The number of hydrogen-bond acceptors (Lipinski definition) is 5. The van der Waals surface area contributed by atoms with Crippen LogP contribution < -0.4 is 0 Å². The fourth-order valence-electron chi connectivity index (χ4n) is 4.48. The molecule has 0 bridgehead atoms. The smallest absolute Gasteiger partial charge is 0.306 e. The van der Waals surface area contributed by atoms with Gasteiger partial charge in [-0.2, -0.15) is 0 Å². The van der Waals surface area contributed by atoms with Gasteiger partial charge in [-0.15, -0.1) is 0 Å². The predicted octanol–water partition coefficient (Wildman–Crippen LogP) is 12.1. The van der Waals surface area contributed by atoms with E-state index in [9.17, 15) is 14.7 Å². The van der Waals surface area contributed by atoms with Crippen LogP contribution >= 0.6 is 0 Å². The molecule has 0 aliphatic heterocycles. The van der Waals surface area contributed by atoms with E-state index in [1.807, 2.05) is 6.08 Å². The standard InChI is InChI=1S/C45H68O5/c1-3-5-7-9-11-13-15-17-18-19-20-21-22-23-24-25-26-28-30-32-34-36-38-40-45(48)50-43(41-46)42-49-44(47)39-37-35-33-31-29-27-16-14-12-10-8-6-4-2/h5-8,10-14,16-18,20-21,23-24,26,28,32,34,43,46H,3-4,9,15,19,22,25,27,29-31,33,35-42H2,1-2H3/b7-5+,8-6+,12-10+,13-11+,16-14+,18-17+,21-20+,24-23+,28-26+,34-32+. The average molecular weight is 689 g/mol. The van der Waals surface area contributed by atoms with Crippen LogP contribution in [0.3, 0.4) is 0 Å². The van der Waals surface area contributed by atoms with Crippen molar-refractivity contribution >= 4 is 11.9 Å². The van der Waals surface area contributed by atoms with Crippen molar-refractivity contribution in [2.45, 2.75) is 136 Å². The maximum Gasteiger partial charge on any atom is 0.306 e. The van der Waals surface area contributed by atoms with Gasteiger partial charge < -0.3 is 14.6 Å². The largest absolute Gasteiger partial charge is 0.462 e. The zero-order valence-electron chi connectivity index (χ0n) is 31.3. The van der Waals surface area contributed by atoms with Crippen molar-refractivity contribution in [3.63, 3.8) is 0 Å². The Morgan fingerprint density at radius 3 is 1.46 bits per heavy atom. The summed E-state index contributed by atoms with van der Waals surface area (Å²) in [7, 11) is 0. The van der Waals surface area contributed by atoms with Crippen LogP contribution in [0.4, 0.5) is 0 Å². The number of esters is 2. The van der Waals surface area contributed by atoms with Gasteiger partial charge in [0.2, 0.25) is 0 Å². The second-order valence-corrected chi connectivity index (χ2v) is 11.9. The second-order valence-electron chi connectivity index (χ2n) is 11.9. The summed E-state index contributed by atoms with van der Waals surface area (Å²) in [5.41, 5.74) is 0. The number of allylic oxidation sites excluding steroid dienone is 20. The maximum atomic E-state index is 12.1. The van der Waals surface area contributed by atoms with Crippen LogP contribution in [0, 0.1) is 0 Å². The molecule has 0 aromatic carbocycles. The van der Waals surface area contributed by atoms with Crippen LogP contribution in [0.1, 0.15) is 129 Å². The number of carbonyl (C=O) groups is 2. The highest BCUT2D eigenvalue weighted by Gasteiger charge is 2.15. The normalized spacial score (nSPS) is 13.6. The van der Waals surface area contributed by atoms with Gasteiger partial charge in [0.25, 0.3) is 0 Å². The average Bonchev–Trinajstić information content (AvgIpc) is 3.12. The van der Waals surface area contributed by atoms with Crippen LogP contribution in [0.5, 0.6) is 0 Å². The molecule has 0 aromatic rings. The number of ether oxygens (including phenoxy) is 2. The third-order valence-electron chi connectivity index (χ3n) is 7.31. The molecule has 278 valence electrons. The summed E-state index contributed by atoms with van der Waals surface area (Å²) >= 11 is 0. The maximum absolute atomic E-state index is 12.1. The van der Waals surface area contributed by atoms with Crippen LogP contribution in [-0.4, -0.2) is 36.4 Å². The van der Waals surface area contributed by atoms with Crippen LogP contribution in [0.15, 0.2) is 122 Å². The van der Waals surface area contributed by atoms with Gasteiger partial charge in [0.05, 0.1) is 6.61 Å². The molecular weight excluding hydrogens is 620 g/mol. The molecule has 5 nitrogen and oxygen atoms in total. The van der Waals surface area contributed by atoms with E-state index < -0.39 is 6.10 Å². The molecule has 0 aromatic heterocycles. The number of rotatable bonds is 32. The van der Waals surface area contributed by atoms with Gasteiger partial charge in [-0.25, -0.2) is 0 Å². The lowest BCUT2D eigenvalue weighted by Gasteiger charge is -2.15. The van der Waals surface area contributed by atoms with Crippen molar-refractivity contribution < 1.29 is 24.2 Å². The Hall–Kier alpha value is -3.70. The molecule has 0 fully saturated rings. The molecular formula is C45H68O5. The molecule has 0 heterocycles. The van der Waals surface area contributed by atoms with Crippen LogP contribution in [0.25, 0.3) is 0 Å². The molecule has 50 heavy (non-hydrogen) atoms. The van der Waals surface area contributed by atoms with Crippen molar-refractivity contribution in [3.8, 4) is 0 Å². The Morgan fingerprint density at radius 2 is 0.920 bits per heavy atom. The van der Waals surface area contributed by atoms with Crippen molar-refractivity contribution in [1.29, 1.82) is 0 Å². The van der Waals surface area contributed by atoms with Crippen molar-refractivity contribution in [1.82, 2.24) is 0 Å². The third kappa shape index (κ3) is 37.1. The molecule has 0 spiro atoms. The van der Waals surface area contributed by atoms with E-state index in [1.54, 1.807) is 0 Å². The first-order valence-electron chi connectivity index (χ1n) is 19.1. The van der Waals surface area contributed by atoms with Crippen molar-refractivity contribution in [3.05, 3.63) is 122 Å². The summed E-state index contributed by atoms with van der Waals surface area (Å²) in [6, 6.07) is 0. The molecule has 0 rings (SSSR count). The Morgan fingerprint density at radius 1 is 0.480 bits per heavy atom. The van der Waals surface area contributed by atoms with E-state index in [2.05, 4.69) is 129 Å². The second kappa shape index (κ2) is 39.7. The Kier molecular flexibility index (Phi) is 36.8. The molecule has 0 saturated carbocycles. The molecule has 0 aliphatic rings. The third-order valence-corrected chi connectivity index (χ3v) is 7.31. The lowest BCUT2D eigenvalue weighted by molar-refractivity contribution is -0.161. The van der Waals surface area contributed by atoms with E-state index in [1.165, 1.54) is 0 Å². The van der Waals surface area contributed by atoms with Crippen molar-refractivity contribution in [2.75, 3.05) is 13.2 Å². The number of aliphatic hydroxyl groups is 1. The summed E-state index contributed by atoms with van der Waals surface area (Å²) in [5.74, 6) is -0.701. The first-order valence-corrected chi connectivity index (χ1v) is 19.1. The highest BCUT2D eigenvalue weighted by atomic mass is 16.6. The first kappa shape index (κ1) is 46.3. The van der Waals surface area contributed by atoms with Gasteiger partial charge in [0.15, 0.2) is 6.10 Å². The van der Waals surface area contributed by atoms with E-state index in [0.29, 0.717) is 12.8 Å². The van der Waals surface area contributed by atoms with E-state index in [-0.39, 0.29) is 31.6 Å². The molecule has 1 unspecified atom stereocenters. The summed E-state index contributed by atoms with van der Waals surface area (Å²) < 4.78 is 10.5. The molecule has 0 radical (unpaired) electrons. The SMILES string of the molecule is CC/C=C/C=C/C=C/CCCCCCCC(=O)OCC(CO)OC(=O)CCC/C=C/C/C=C/C/C=C/C/C=C/C/C=C/C/C=C/C/C=C/CC. The number of carbonyl (C=O) groups excluding carboxylic acids is 2. The minimum Gasteiger partial charge on any atom is -0.462 e. The minimum atomic E-state index is -0.819. The minimum absolute atomic E-state index is 0.109. The zero-order valence-corrected chi connectivity index (χ0v) is 31.3. The number of unbranched alkanes of at least 4 members (excludes halogenated alkanes) is 6. The van der Waals surface area contributed by atoms with E-state index >= 15 is 0 Å². The van der Waals surface area contributed by atoms with Gasteiger partial charge in [0.1, 0.15) is 6.61 Å². The topological polar surface area (TPSA) is 72.8 Å². The quantitative estimate of drug-likeness (QED) is 0.0330. The molecule has 0 amide bonds. The molecule has 0 saturated heterocycles. The molecule has 1 atom stereocenters. The lowest BCUT2D eigenvalue weighted by atomic mass is 10.1. The Balaban J connectivity index is 3.78. The summed E-state index contributed by atoms with van der Waals surface area (Å²) in [4.78, 5) is 24.2. The van der Waals surface area contributed by atoms with Gasteiger partial charge in [-0.1, -0.05) is 155 Å². The predicted molar refractivity (Wildman–Crippen MR) is 214 cm³/mol. The van der Waals surface area contributed by atoms with Gasteiger partial charge in [0, 0.05) is 12.8 Å².